The molecule has 2 aromatic carbocycles. The van der Waals surface area contributed by atoms with E-state index in [2.05, 4.69) is 5.32 Å². The maximum absolute atomic E-state index is 12.6. The van der Waals surface area contributed by atoms with Crippen molar-refractivity contribution in [3.63, 3.8) is 0 Å². The van der Waals surface area contributed by atoms with E-state index >= 15 is 0 Å². The van der Waals surface area contributed by atoms with E-state index in [-0.39, 0.29) is 23.2 Å². The van der Waals surface area contributed by atoms with Crippen molar-refractivity contribution in [2.75, 3.05) is 0 Å². The zero-order valence-electron chi connectivity index (χ0n) is 16.1. The Morgan fingerprint density at radius 1 is 0.862 bits per heavy atom. The van der Waals surface area contributed by atoms with Crippen LogP contribution in [0.3, 0.4) is 0 Å². The van der Waals surface area contributed by atoms with Gasteiger partial charge in [-0.3, -0.25) is 9.59 Å². The monoisotopic (exact) mass is 391 g/mol. The van der Waals surface area contributed by atoms with Gasteiger partial charge in [-0.25, -0.2) is 4.79 Å². The molecule has 1 aromatic heterocycles. The van der Waals surface area contributed by atoms with Gasteiger partial charge in [-0.2, -0.15) is 0 Å². The smallest absolute Gasteiger partial charge is 0.334 e. The van der Waals surface area contributed by atoms with E-state index in [0.717, 1.165) is 0 Å². The number of ether oxygens (including phenoxy) is 1. The van der Waals surface area contributed by atoms with Gasteiger partial charge in [-0.1, -0.05) is 44.2 Å². The van der Waals surface area contributed by atoms with Gasteiger partial charge < -0.3 is 14.5 Å². The predicted molar refractivity (Wildman–Crippen MR) is 107 cm³/mol. The van der Waals surface area contributed by atoms with Gasteiger partial charge in [0.25, 0.3) is 5.91 Å². The minimum Gasteiger partial charge on any atom is -0.459 e. The number of hydrogen-bond acceptors (Lipinski definition) is 5. The van der Waals surface area contributed by atoms with Crippen molar-refractivity contribution in [1.82, 2.24) is 5.32 Å². The molecule has 1 amide bonds. The van der Waals surface area contributed by atoms with Crippen molar-refractivity contribution >= 4 is 17.7 Å². The summed E-state index contributed by atoms with van der Waals surface area (Å²) in [5, 5.41) is 2.63. The molecular formula is C23H21NO5. The normalized spacial score (nSPS) is 11.7. The van der Waals surface area contributed by atoms with Crippen LogP contribution in [0.5, 0.6) is 5.75 Å². The fraction of sp³-hybridized carbons (Fsp3) is 0.174. The van der Waals surface area contributed by atoms with Crippen LogP contribution in [0.15, 0.2) is 77.4 Å². The summed E-state index contributed by atoms with van der Waals surface area (Å²) in [5.41, 5.74) is 1.07. The summed E-state index contributed by atoms with van der Waals surface area (Å²) in [6, 6.07) is 17.5. The molecule has 0 fully saturated rings. The maximum Gasteiger partial charge on any atom is 0.334 e. The molecule has 0 unspecified atom stereocenters. The van der Waals surface area contributed by atoms with Crippen LogP contribution in [-0.2, 0) is 4.79 Å². The van der Waals surface area contributed by atoms with Crippen LogP contribution < -0.4 is 10.1 Å². The molecule has 6 nitrogen and oxygen atoms in total. The number of hydrogen-bond donors (Lipinski definition) is 1. The first-order valence-electron chi connectivity index (χ1n) is 9.21. The third kappa shape index (κ3) is 4.99. The van der Waals surface area contributed by atoms with Gasteiger partial charge in [0.1, 0.15) is 11.8 Å². The number of ketones is 1. The second-order valence-corrected chi connectivity index (χ2v) is 6.81. The van der Waals surface area contributed by atoms with Crippen LogP contribution in [0.4, 0.5) is 0 Å². The van der Waals surface area contributed by atoms with Crippen molar-refractivity contribution < 1.29 is 23.5 Å². The van der Waals surface area contributed by atoms with Gasteiger partial charge >= 0.3 is 5.97 Å². The molecular weight excluding hydrogens is 370 g/mol. The summed E-state index contributed by atoms with van der Waals surface area (Å²) in [7, 11) is 0. The Labute approximate surface area is 168 Å². The first-order valence-corrected chi connectivity index (χ1v) is 9.21. The number of carbonyl (C=O) groups is 3. The average Bonchev–Trinajstić information content (AvgIpc) is 3.27. The second kappa shape index (κ2) is 9.01. The third-order valence-corrected chi connectivity index (χ3v) is 4.32. The summed E-state index contributed by atoms with van der Waals surface area (Å²) in [6.45, 7) is 3.60. The van der Waals surface area contributed by atoms with Crippen molar-refractivity contribution in [3.8, 4) is 5.75 Å². The minimum absolute atomic E-state index is 0.116. The van der Waals surface area contributed by atoms with Crippen molar-refractivity contribution in [3.05, 3.63) is 89.9 Å². The molecule has 148 valence electrons. The number of rotatable bonds is 7. The van der Waals surface area contributed by atoms with E-state index in [9.17, 15) is 14.4 Å². The summed E-state index contributed by atoms with van der Waals surface area (Å²) in [6.07, 6.45) is 1.38. The molecule has 0 saturated heterocycles. The number of amides is 1. The van der Waals surface area contributed by atoms with Gasteiger partial charge in [-0.05, 0) is 42.3 Å². The second-order valence-electron chi connectivity index (χ2n) is 6.81. The molecule has 0 aliphatic rings. The number of benzene rings is 2. The fourth-order valence-corrected chi connectivity index (χ4v) is 2.73. The summed E-state index contributed by atoms with van der Waals surface area (Å²) < 4.78 is 10.5. The van der Waals surface area contributed by atoms with E-state index in [1.165, 1.54) is 12.3 Å². The molecule has 0 bridgehead atoms. The van der Waals surface area contributed by atoms with Gasteiger partial charge in [0.2, 0.25) is 0 Å². The van der Waals surface area contributed by atoms with E-state index in [0.29, 0.717) is 11.1 Å². The van der Waals surface area contributed by atoms with E-state index in [1.54, 1.807) is 68.4 Å². The van der Waals surface area contributed by atoms with Crippen LogP contribution in [0, 0.1) is 5.92 Å². The Morgan fingerprint density at radius 3 is 2.10 bits per heavy atom. The zero-order valence-corrected chi connectivity index (χ0v) is 16.1. The molecule has 1 heterocycles. The molecule has 0 spiro atoms. The lowest BCUT2D eigenvalue weighted by Crippen LogP contribution is -2.46. The first kappa shape index (κ1) is 20.1. The SMILES string of the molecule is CC(C)[C@H](NC(=O)c1ccco1)C(=O)Oc1ccc(C(=O)c2ccccc2)cc1. The van der Waals surface area contributed by atoms with Crippen molar-refractivity contribution in [1.29, 1.82) is 0 Å². The Morgan fingerprint density at radius 2 is 1.52 bits per heavy atom. The van der Waals surface area contributed by atoms with Crippen LogP contribution in [0.25, 0.3) is 0 Å². The standard InChI is InChI=1S/C23H21NO5/c1-15(2)20(24-22(26)19-9-6-14-28-19)23(27)29-18-12-10-17(11-13-18)21(25)16-7-4-3-5-8-16/h3-15,20H,1-2H3,(H,24,26)/t20-/m0/s1. The Hall–Kier alpha value is -3.67. The predicted octanol–water partition coefficient (Wildman–Crippen LogP) is 3.87. The highest BCUT2D eigenvalue weighted by Crippen LogP contribution is 2.17. The number of carbonyl (C=O) groups excluding carboxylic acids is 3. The molecule has 0 radical (unpaired) electrons. The largest absolute Gasteiger partial charge is 0.459 e. The Balaban J connectivity index is 1.67. The summed E-state index contributed by atoms with van der Waals surface area (Å²) in [4.78, 5) is 37.2. The lowest BCUT2D eigenvalue weighted by molar-refractivity contribution is -0.137. The van der Waals surface area contributed by atoms with Crippen molar-refractivity contribution in [2.24, 2.45) is 5.92 Å². The highest BCUT2D eigenvalue weighted by atomic mass is 16.5. The van der Waals surface area contributed by atoms with Crippen molar-refractivity contribution in [2.45, 2.75) is 19.9 Å². The molecule has 0 saturated carbocycles. The average molecular weight is 391 g/mol. The van der Waals surface area contributed by atoms with E-state index in [4.69, 9.17) is 9.15 Å². The van der Waals surface area contributed by atoms with E-state index < -0.39 is 17.9 Å². The molecule has 0 aliphatic heterocycles. The fourth-order valence-electron chi connectivity index (χ4n) is 2.73. The van der Waals surface area contributed by atoms with Gasteiger partial charge in [0, 0.05) is 11.1 Å². The molecule has 1 N–H and O–H groups in total. The van der Waals surface area contributed by atoms with Crippen LogP contribution in [0.1, 0.15) is 40.3 Å². The van der Waals surface area contributed by atoms with Gasteiger partial charge in [0.15, 0.2) is 11.5 Å². The van der Waals surface area contributed by atoms with Gasteiger partial charge in [0.05, 0.1) is 6.26 Å². The van der Waals surface area contributed by atoms with Gasteiger partial charge in [-0.15, -0.1) is 0 Å². The lowest BCUT2D eigenvalue weighted by atomic mass is 10.0. The molecule has 6 heteroatoms. The highest BCUT2D eigenvalue weighted by Gasteiger charge is 2.27. The molecule has 3 aromatic rings. The molecule has 0 aliphatic carbocycles. The Kier molecular flexibility index (Phi) is 6.24. The quantitative estimate of drug-likeness (QED) is 0.375. The number of nitrogens with one attached hydrogen (secondary N) is 1. The topological polar surface area (TPSA) is 85.6 Å². The molecule has 29 heavy (non-hydrogen) atoms. The third-order valence-electron chi connectivity index (χ3n) is 4.32. The minimum atomic E-state index is -0.849. The molecule has 3 rings (SSSR count). The summed E-state index contributed by atoms with van der Waals surface area (Å²) in [5.74, 6) is -0.990. The lowest BCUT2D eigenvalue weighted by Gasteiger charge is -2.20. The number of furan rings is 1. The maximum atomic E-state index is 12.6. The van der Waals surface area contributed by atoms with Crippen LogP contribution >= 0.6 is 0 Å². The van der Waals surface area contributed by atoms with E-state index in [1.807, 2.05) is 6.07 Å². The molecule has 1 atom stereocenters. The summed E-state index contributed by atoms with van der Waals surface area (Å²) >= 11 is 0. The zero-order chi connectivity index (χ0) is 20.8. The van der Waals surface area contributed by atoms with Crippen LogP contribution in [0.2, 0.25) is 0 Å². The first-order chi connectivity index (χ1) is 14.0. The highest BCUT2D eigenvalue weighted by molar-refractivity contribution is 6.09. The Bertz CT molecular complexity index is 976. The van der Waals surface area contributed by atoms with Crippen LogP contribution in [-0.4, -0.2) is 23.7 Å². The number of esters is 1.